The number of hydrogen-bond donors (Lipinski definition) is 2. The van der Waals surface area contributed by atoms with Crippen LogP contribution in [0.2, 0.25) is 0 Å². The fourth-order valence-corrected chi connectivity index (χ4v) is 7.61. The van der Waals surface area contributed by atoms with Gasteiger partial charge >= 0.3 is 5.97 Å². The van der Waals surface area contributed by atoms with Gasteiger partial charge in [0.25, 0.3) is 5.91 Å². The number of nitrogens with one attached hydrogen (secondary N) is 2. The number of carbonyl (C=O) groups excluding carboxylic acids is 3. The second-order valence-electron chi connectivity index (χ2n) is 13.3. The molecule has 2 bridgehead atoms. The van der Waals surface area contributed by atoms with Gasteiger partial charge in [-0.25, -0.2) is 0 Å². The molecule has 0 aliphatic heterocycles. The normalized spacial score (nSPS) is 31.3. The molecule has 0 saturated heterocycles. The zero-order chi connectivity index (χ0) is 29.4. The first-order valence-electron chi connectivity index (χ1n) is 15.1. The Morgan fingerprint density at radius 1 is 1.02 bits per heavy atom. The van der Waals surface area contributed by atoms with E-state index in [1.165, 1.54) is 20.6 Å². The van der Waals surface area contributed by atoms with Gasteiger partial charge in [-0.05, 0) is 88.0 Å². The minimum atomic E-state index is -0.531. The van der Waals surface area contributed by atoms with Crippen molar-refractivity contribution in [3.05, 3.63) is 23.3 Å². The summed E-state index contributed by atoms with van der Waals surface area (Å²) in [6, 6.07) is 5.10. The fourth-order valence-electron chi connectivity index (χ4n) is 7.61. The molecule has 5 rings (SSSR count). The number of hydrogen-bond acceptors (Lipinski definition) is 7. The van der Waals surface area contributed by atoms with Gasteiger partial charge in [-0.3, -0.25) is 14.4 Å². The van der Waals surface area contributed by atoms with Gasteiger partial charge in [0, 0.05) is 18.7 Å². The number of nitrogens with zero attached hydrogens (tertiary/aromatic N) is 1. The lowest BCUT2D eigenvalue weighted by atomic mass is 9.70. The van der Waals surface area contributed by atoms with Gasteiger partial charge in [0.2, 0.25) is 5.91 Å². The van der Waals surface area contributed by atoms with E-state index in [0.29, 0.717) is 38.0 Å². The van der Waals surface area contributed by atoms with Crippen molar-refractivity contribution in [2.75, 3.05) is 20.8 Å². The monoisotopic (exact) mass is 565 g/mol. The molecule has 1 aromatic carbocycles. The Morgan fingerprint density at radius 2 is 1.73 bits per heavy atom. The van der Waals surface area contributed by atoms with Gasteiger partial charge in [-0.2, -0.15) is 5.26 Å². The molecule has 9 heteroatoms. The number of ether oxygens (including phenoxy) is 3. The van der Waals surface area contributed by atoms with Crippen LogP contribution in [0.5, 0.6) is 11.5 Å². The molecule has 0 heterocycles. The van der Waals surface area contributed by atoms with Gasteiger partial charge in [-0.1, -0.05) is 13.3 Å². The van der Waals surface area contributed by atoms with Crippen LogP contribution < -0.4 is 20.1 Å². The molecule has 4 aliphatic carbocycles. The molecule has 0 radical (unpaired) electrons. The number of benzene rings is 1. The lowest BCUT2D eigenvalue weighted by Crippen LogP contribution is -2.51. The van der Waals surface area contributed by atoms with E-state index in [9.17, 15) is 19.6 Å². The number of methoxy groups -OCH3 is 2. The summed E-state index contributed by atoms with van der Waals surface area (Å²) in [7, 11) is 2.85. The smallest absolute Gasteiger partial charge is 0.311 e. The highest BCUT2D eigenvalue weighted by atomic mass is 16.5. The van der Waals surface area contributed by atoms with Crippen molar-refractivity contribution in [2.45, 2.75) is 90.2 Å². The standard InChI is InChI=1S/C32H43N3O6/c1-31(10-5-11-31)18-34-29(37)25-19-6-7-20(14-19)26(25)35-28(36)24-16-23(15-21(17-33)27(24)39-3)41-22-8-12-32(2,13-9-22)30(38)40-4/h15-16,19-20,22,25-26H,5-14,18H2,1-4H3,(H,34,37)(H,35,36)/t19-,20+,22?,25+,26-,32?/m1/s1. The van der Waals surface area contributed by atoms with Crippen molar-refractivity contribution in [1.29, 1.82) is 5.26 Å². The molecule has 0 spiro atoms. The highest BCUT2D eigenvalue weighted by Gasteiger charge is 2.52. The second-order valence-corrected chi connectivity index (χ2v) is 13.3. The van der Waals surface area contributed by atoms with Crippen molar-refractivity contribution < 1.29 is 28.6 Å². The Balaban J connectivity index is 1.30. The largest absolute Gasteiger partial charge is 0.495 e. The minimum Gasteiger partial charge on any atom is -0.495 e. The van der Waals surface area contributed by atoms with Crippen LogP contribution in [0.15, 0.2) is 12.1 Å². The van der Waals surface area contributed by atoms with Crippen LogP contribution >= 0.6 is 0 Å². The maximum absolute atomic E-state index is 13.8. The van der Waals surface area contributed by atoms with Crippen molar-refractivity contribution in [2.24, 2.45) is 28.6 Å². The molecule has 0 unspecified atom stereocenters. The maximum atomic E-state index is 13.8. The average Bonchev–Trinajstić information content (AvgIpc) is 3.57. The second kappa shape index (κ2) is 11.5. The molecule has 222 valence electrons. The fraction of sp³-hybridized carbons (Fsp3) is 0.688. The molecule has 4 aliphatic rings. The molecule has 4 saturated carbocycles. The lowest BCUT2D eigenvalue weighted by Gasteiger charge is -2.39. The minimum absolute atomic E-state index is 0.0358. The Bertz CT molecular complexity index is 1230. The predicted molar refractivity (Wildman–Crippen MR) is 151 cm³/mol. The number of fused-ring (bicyclic) bond motifs is 2. The molecule has 0 aromatic heterocycles. The molecule has 4 atom stereocenters. The van der Waals surface area contributed by atoms with E-state index < -0.39 is 5.41 Å². The third-order valence-corrected chi connectivity index (χ3v) is 10.4. The van der Waals surface area contributed by atoms with Crippen LogP contribution in [0.4, 0.5) is 0 Å². The van der Waals surface area contributed by atoms with Crippen molar-refractivity contribution in [1.82, 2.24) is 10.6 Å². The number of amides is 2. The SMILES string of the molecule is COC(=O)C1(C)CCC(Oc2cc(C#N)c(OC)c(C(=O)N[C@@H]3[C@H]4CC[C@H](C4)[C@@H]3C(=O)NCC3(C)CCC3)c2)CC1. The highest BCUT2D eigenvalue weighted by molar-refractivity contribution is 5.99. The van der Waals surface area contributed by atoms with Gasteiger partial charge < -0.3 is 24.8 Å². The van der Waals surface area contributed by atoms with E-state index in [1.54, 1.807) is 12.1 Å². The van der Waals surface area contributed by atoms with E-state index in [4.69, 9.17) is 14.2 Å². The van der Waals surface area contributed by atoms with Gasteiger partial charge in [0.1, 0.15) is 17.6 Å². The summed E-state index contributed by atoms with van der Waals surface area (Å²) in [5.41, 5.74) is 0.0854. The Kier molecular flexibility index (Phi) is 8.22. The van der Waals surface area contributed by atoms with E-state index in [-0.39, 0.29) is 70.0 Å². The molecular weight excluding hydrogens is 522 g/mol. The van der Waals surface area contributed by atoms with Crippen LogP contribution in [-0.2, 0) is 14.3 Å². The zero-order valence-electron chi connectivity index (χ0n) is 24.7. The predicted octanol–water partition coefficient (Wildman–Crippen LogP) is 4.52. The van der Waals surface area contributed by atoms with Gasteiger partial charge in [-0.15, -0.1) is 0 Å². The van der Waals surface area contributed by atoms with Crippen LogP contribution in [0.3, 0.4) is 0 Å². The van der Waals surface area contributed by atoms with Gasteiger partial charge in [0.05, 0.1) is 42.8 Å². The van der Waals surface area contributed by atoms with Gasteiger partial charge in [0.15, 0.2) is 0 Å². The summed E-state index contributed by atoms with van der Waals surface area (Å²) in [5.74, 6) is 0.334. The molecule has 1 aromatic rings. The third-order valence-electron chi connectivity index (χ3n) is 10.4. The van der Waals surface area contributed by atoms with Crippen LogP contribution in [0.25, 0.3) is 0 Å². The molecular formula is C32H43N3O6. The molecule has 4 fully saturated rings. The third kappa shape index (κ3) is 5.75. The summed E-state index contributed by atoms with van der Waals surface area (Å²) in [6.45, 7) is 4.81. The summed E-state index contributed by atoms with van der Waals surface area (Å²) < 4.78 is 16.8. The number of nitriles is 1. The first-order chi connectivity index (χ1) is 19.6. The van der Waals surface area contributed by atoms with E-state index in [1.807, 2.05) is 6.92 Å². The maximum Gasteiger partial charge on any atom is 0.311 e. The summed E-state index contributed by atoms with van der Waals surface area (Å²) in [4.78, 5) is 39.3. The number of rotatable bonds is 9. The quantitative estimate of drug-likeness (QED) is 0.422. The number of esters is 1. The summed E-state index contributed by atoms with van der Waals surface area (Å²) >= 11 is 0. The Morgan fingerprint density at radius 3 is 2.34 bits per heavy atom. The topological polar surface area (TPSA) is 127 Å². The number of carbonyl (C=O) groups is 3. The summed E-state index contributed by atoms with van der Waals surface area (Å²) in [6.07, 6.45) is 8.84. The average molecular weight is 566 g/mol. The van der Waals surface area contributed by atoms with Crippen molar-refractivity contribution in [3.63, 3.8) is 0 Å². The Labute approximate surface area is 242 Å². The van der Waals surface area contributed by atoms with E-state index in [0.717, 1.165) is 32.1 Å². The molecule has 2 amide bonds. The molecule has 2 N–H and O–H groups in total. The van der Waals surface area contributed by atoms with E-state index >= 15 is 0 Å². The Hall–Kier alpha value is -3.28. The first-order valence-corrected chi connectivity index (χ1v) is 15.1. The van der Waals surface area contributed by atoms with Crippen LogP contribution in [0, 0.1) is 39.9 Å². The lowest BCUT2D eigenvalue weighted by molar-refractivity contribution is -0.154. The van der Waals surface area contributed by atoms with E-state index in [2.05, 4.69) is 23.6 Å². The van der Waals surface area contributed by atoms with Crippen LogP contribution in [-0.4, -0.2) is 50.7 Å². The zero-order valence-corrected chi connectivity index (χ0v) is 24.7. The first kappa shape index (κ1) is 29.2. The summed E-state index contributed by atoms with van der Waals surface area (Å²) in [5, 5.41) is 16.2. The molecule has 41 heavy (non-hydrogen) atoms. The van der Waals surface area contributed by atoms with Crippen molar-refractivity contribution in [3.8, 4) is 17.6 Å². The highest BCUT2D eigenvalue weighted by Crippen LogP contribution is 2.49. The molecule has 9 nitrogen and oxygen atoms in total. The van der Waals surface area contributed by atoms with Crippen molar-refractivity contribution >= 4 is 17.8 Å². The van der Waals surface area contributed by atoms with Crippen LogP contribution in [0.1, 0.15) is 94.0 Å².